The molecule has 1 rings (SSSR count). The molecule has 1 aromatic carbocycles. The van der Waals surface area contributed by atoms with Crippen molar-refractivity contribution in [2.75, 3.05) is 40.8 Å². The Bertz CT molecular complexity index is 678. The molecule has 0 aliphatic rings. The average molecular weight is 493 g/mol. The minimum atomic E-state index is -0.414. The van der Waals surface area contributed by atoms with E-state index in [1.54, 1.807) is 7.05 Å². The first kappa shape index (κ1) is 37.5. The Hall–Kier alpha value is -2.02. The number of ketones is 1. The predicted molar refractivity (Wildman–Crippen MR) is 154 cm³/mol. The molecule has 6 nitrogen and oxygen atoms in total. The molecule has 0 aliphatic carbocycles. The minimum Gasteiger partial charge on any atom is -0.345 e. The van der Waals surface area contributed by atoms with Gasteiger partial charge >= 0.3 is 0 Å². The monoisotopic (exact) mass is 492 g/mol. The van der Waals surface area contributed by atoms with E-state index >= 15 is 0 Å². The number of carbonyl (C=O) groups excluding carboxylic acids is 2. The summed E-state index contributed by atoms with van der Waals surface area (Å²) in [5.41, 5.74) is 7.80. The molecule has 6 heteroatoms. The highest BCUT2D eigenvalue weighted by atomic mass is 16.2. The van der Waals surface area contributed by atoms with E-state index in [0.29, 0.717) is 12.5 Å². The number of nitrogens with zero attached hydrogens (tertiary/aromatic N) is 1. The van der Waals surface area contributed by atoms with Crippen LogP contribution in [0.5, 0.6) is 0 Å². The summed E-state index contributed by atoms with van der Waals surface area (Å²) < 4.78 is 0. The number of Topliss-reactive ketones (excluding diaryl/α,β-unsaturated/α-hetero) is 1. The molecule has 0 saturated carbocycles. The number of likely N-dealkylation sites (N-methyl/N-ethyl adjacent to an activating group) is 2. The maximum Gasteiger partial charge on any atom is 0.234 e. The Morgan fingerprint density at radius 3 is 1.83 bits per heavy atom. The lowest BCUT2D eigenvalue weighted by Crippen LogP contribution is -2.50. The van der Waals surface area contributed by atoms with Crippen LogP contribution in [0.2, 0.25) is 0 Å². The molecular weight excluding hydrogens is 436 g/mol. The second-order valence-corrected chi connectivity index (χ2v) is 10.3. The molecule has 1 aromatic rings. The fraction of sp³-hybridized carbons (Fsp3) is 0.655. The van der Waals surface area contributed by atoms with Gasteiger partial charge in [0.15, 0.2) is 5.78 Å². The number of rotatable bonds is 8. The topological polar surface area (TPSA) is 87.5 Å². The number of amides is 1. The van der Waals surface area contributed by atoms with E-state index in [1.807, 2.05) is 47.9 Å². The van der Waals surface area contributed by atoms with E-state index in [0.717, 1.165) is 6.54 Å². The third-order valence-electron chi connectivity index (χ3n) is 4.51. The third kappa shape index (κ3) is 24.9. The van der Waals surface area contributed by atoms with Gasteiger partial charge in [0, 0.05) is 13.1 Å². The first-order valence-electron chi connectivity index (χ1n) is 12.7. The SMILES string of the molecule is C/C(=C\CN(C)C)CN.CC(C)c1ccccc1.CCC.CNCC(=O)NC(C(C)=O)C(C)(C)C. The second-order valence-electron chi connectivity index (χ2n) is 10.3. The summed E-state index contributed by atoms with van der Waals surface area (Å²) in [6.45, 7) is 19.9. The molecule has 0 radical (unpaired) electrons. The maximum atomic E-state index is 11.3. The van der Waals surface area contributed by atoms with E-state index in [2.05, 4.69) is 73.6 Å². The van der Waals surface area contributed by atoms with Crippen molar-refractivity contribution in [2.24, 2.45) is 11.1 Å². The predicted octanol–water partition coefficient (Wildman–Crippen LogP) is 5.01. The first-order valence-corrected chi connectivity index (χ1v) is 12.7. The van der Waals surface area contributed by atoms with Gasteiger partial charge in [-0.15, -0.1) is 0 Å². The van der Waals surface area contributed by atoms with E-state index in [1.165, 1.54) is 24.5 Å². The largest absolute Gasteiger partial charge is 0.345 e. The van der Waals surface area contributed by atoms with Gasteiger partial charge in [0.1, 0.15) is 0 Å². The van der Waals surface area contributed by atoms with Gasteiger partial charge in [-0.05, 0) is 51.9 Å². The van der Waals surface area contributed by atoms with Crippen molar-refractivity contribution >= 4 is 11.7 Å². The third-order valence-corrected chi connectivity index (χ3v) is 4.51. The number of nitrogens with two attached hydrogens (primary N) is 1. The van der Waals surface area contributed by atoms with Gasteiger partial charge in [0.05, 0.1) is 12.6 Å². The lowest BCUT2D eigenvalue weighted by atomic mass is 9.84. The van der Waals surface area contributed by atoms with Crippen LogP contribution in [0.3, 0.4) is 0 Å². The molecule has 35 heavy (non-hydrogen) atoms. The number of carbonyl (C=O) groups is 2. The van der Waals surface area contributed by atoms with Gasteiger partial charge < -0.3 is 21.3 Å². The fourth-order valence-electron chi connectivity index (χ4n) is 2.56. The summed E-state index contributed by atoms with van der Waals surface area (Å²) in [4.78, 5) is 24.7. The average Bonchev–Trinajstić information content (AvgIpc) is 2.77. The van der Waals surface area contributed by atoms with Crippen LogP contribution in [0.4, 0.5) is 0 Å². The lowest BCUT2D eigenvalue weighted by Gasteiger charge is -2.29. The number of nitrogens with one attached hydrogen (secondary N) is 2. The van der Waals surface area contributed by atoms with Crippen LogP contribution >= 0.6 is 0 Å². The quantitative estimate of drug-likeness (QED) is 0.444. The zero-order valence-electron chi connectivity index (χ0n) is 24.8. The molecule has 1 unspecified atom stereocenters. The molecule has 0 fully saturated rings. The van der Waals surface area contributed by atoms with Crippen LogP contribution in [-0.2, 0) is 9.59 Å². The van der Waals surface area contributed by atoms with Crippen molar-refractivity contribution in [3.05, 3.63) is 47.5 Å². The summed E-state index contributed by atoms with van der Waals surface area (Å²) in [7, 11) is 5.78. The molecule has 204 valence electrons. The van der Waals surface area contributed by atoms with Crippen LogP contribution in [-0.4, -0.2) is 63.4 Å². The Morgan fingerprint density at radius 2 is 1.54 bits per heavy atom. The van der Waals surface area contributed by atoms with Crippen molar-refractivity contribution < 1.29 is 9.59 Å². The van der Waals surface area contributed by atoms with Crippen molar-refractivity contribution in [1.82, 2.24) is 15.5 Å². The zero-order valence-corrected chi connectivity index (χ0v) is 24.8. The Kier molecular flexibility index (Phi) is 24.1. The van der Waals surface area contributed by atoms with Crippen molar-refractivity contribution in [2.45, 2.75) is 80.7 Å². The Balaban J connectivity index is -0.000000427. The maximum absolute atomic E-state index is 11.3. The zero-order chi connectivity index (χ0) is 28.0. The Morgan fingerprint density at radius 1 is 1.06 bits per heavy atom. The van der Waals surface area contributed by atoms with E-state index in [9.17, 15) is 9.59 Å². The normalized spacial score (nSPS) is 11.8. The Labute approximate surface area is 217 Å². The van der Waals surface area contributed by atoms with Gasteiger partial charge in [-0.25, -0.2) is 0 Å². The van der Waals surface area contributed by atoms with Crippen LogP contribution in [0.25, 0.3) is 0 Å². The lowest BCUT2D eigenvalue weighted by molar-refractivity contribution is -0.128. The summed E-state index contributed by atoms with van der Waals surface area (Å²) >= 11 is 0. The van der Waals surface area contributed by atoms with E-state index < -0.39 is 6.04 Å². The standard InChI is InChI=1S/C10H20N2O2.C9H12.C7H16N2.C3H8/c1-7(13)9(10(2,3)4)12-8(14)6-11-5;1-8(2)9-6-4-3-5-7-9;1-7(6-8)4-5-9(2)3;1-3-2/h9,11H,6H2,1-5H3,(H,12,14);3-8H,1-2H3;4H,5-6,8H2,1-3H3;3H2,1-2H3/b;;7-4+;. The molecule has 0 aromatic heterocycles. The molecule has 0 aliphatic heterocycles. The van der Waals surface area contributed by atoms with Gasteiger partial charge in [-0.1, -0.05) is 96.9 Å². The fourth-order valence-corrected chi connectivity index (χ4v) is 2.56. The van der Waals surface area contributed by atoms with E-state index in [-0.39, 0.29) is 23.7 Å². The van der Waals surface area contributed by atoms with Gasteiger partial charge in [0.2, 0.25) is 5.91 Å². The molecule has 4 N–H and O–H groups in total. The highest BCUT2D eigenvalue weighted by Crippen LogP contribution is 2.19. The number of hydrogen-bond donors (Lipinski definition) is 3. The summed E-state index contributed by atoms with van der Waals surface area (Å²) in [5, 5.41) is 5.45. The first-order chi connectivity index (χ1) is 16.2. The highest BCUT2D eigenvalue weighted by molar-refractivity contribution is 5.88. The summed E-state index contributed by atoms with van der Waals surface area (Å²) in [6, 6.07) is 10.1. The van der Waals surface area contributed by atoms with Crippen LogP contribution < -0.4 is 16.4 Å². The molecule has 0 spiro atoms. The molecule has 1 amide bonds. The summed E-state index contributed by atoms with van der Waals surface area (Å²) in [5.74, 6) is 0.496. The van der Waals surface area contributed by atoms with Gasteiger partial charge in [0.25, 0.3) is 0 Å². The minimum absolute atomic E-state index is 0.0121. The smallest absolute Gasteiger partial charge is 0.234 e. The van der Waals surface area contributed by atoms with Gasteiger partial charge in [-0.3, -0.25) is 9.59 Å². The summed E-state index contributed by atoms with van der Waals surface area (Å²) in [6.07, 6.45) is 3.39. The number of benzene rings is 1. The molecular formula is C29H56N4O2. The van der Waals surface area contributed by atoms with Crippen LogP contribution in [0, 0.1) is 5.41 Å². The second kappa shape index (κ2) is 22.4. The molecule has 0 heterocycles. The van der Waals surface area contributed by atoms with Crippen molar-refractivity contribution in [3.8, 4) is 0 Å². The van der Waals surface area contributed by atoms with Crippen molar-refractivity contribution in [1.29, 1.82) is 0 Å². The molecule has 0 bridgehead atoms. The number of hydrogen-bond acceptors (Lipinski definition) is 5. The van der Waals surface area contributed by atoms with Crippen molar-refractivity contribution in [3.63, 3.8) is 0 Å². The highest BCUT2D eigenvalue weighted by Gasteiger charge is 2.29. The van der Waals surface area contributed by atoms with Gasteiger partial charge in [-0.2, -0.15) is 0 Å². The van der Waals surface area contributed by atoms with Crippen LogP contribution in [0.1, 0.15) is 80.2 Å². The van der Waals surface area contributed by atoms with Crippen LogP contribution in [0.15, 0.2) is 42.0 Å². The van der Waals surface area contributed by atoms with E-state index in [4.69, 9.17) is 5.73 Å². The molecule has 1 atom stereocenters. The molecule has 0 saturated heterocycles.